The third kappa shape index (κ3) is 3.23. The Morgan fingerprint density at radius 3 is 2.90 bits per heavy atom. The topological polar surface area (TPSA) is 58.1 Å². The predicted octanol–water partition coefficient (Wildman–Crippen LogP) is 1.11. The molecule has 3 atom stereocenters. The second-order valence-corrected chi connectivity index (χ2v) is 6.31. The lowest BCUT2D eigenvalue weighted by molar-refractivity contribution is -0.129. The Morgan fingerprint density at radius 2 is 2.14 bits per heavy atom. The van der Waals surface area contributed by atoms with Gasteiger partial charge in [0.2, 0.25) is 5.91 Å². The van der Waals surface area contributed by atoms with Crippen LogP contribution in [0.1, 0.15) is 25.1 Å². The molecule has 1 aliphatic heterocycles. The van der Waals surface area contributed by atoms with Crippen LogP contribution < -0.4 is 5.32 Å². The van der Waals surface area contributed by atoms with Gasteiger partial charge in [0, 0.05) is 31.9 Å². The Bertz CT molecular complexity index is 478. The Morgan fingerprint density at radius 1 is 1.33 bits per heavy atom. The van der Waals surface area contributed by atoms with Crippen molar-refractivity contribution >= 4 is 5.91 Å². The molecule has 3 rings (SSSR count). The van der Waals surface area contributed by atoms with Crippen molar-refractivity contribution in [3.63, 3.8) is 0 Å². The SMILES string of the molecule is CNCC(=O)N1C[C@H]2CCC[C@H](Cc3ncccn3)[C@H]2C1. The molecule has 5 nitrogen and oxygen atoms in total. The van der Waals surface area contributed by atoms with Crippen molar-refractivity contribution in [2.75, 3.05) is 26.7 Å². The highest BCUT2D eigenvalue weighted by Crippen LogP contribution is 2.41. The number of likely N-dealkylation sites (N-methyl/N-ethyl adjacent to an activating group) is 1. The van der Waals surface area contributed by atoms with Gasteiger partial charge in [0.25, 0.3) is 0 Å². The molecular formula is C16H24N4O. The Hall–Kier alpha value is -1.49. The molecule has 0 bridgehead atoms. The van der Waals surface area contributed by atoms with Gasteiger partial charge in [-0.25, -0.2) is 9.97 Å². The largest absolute Gasteiger partial charge is 0.341 e. The summed E-state index contributed by atoms with van der Waals surface area (Å²) in [7, 11) is 1.83. The van der Waals surface area contributed by atoms with E-state index < -0.39 is 0 Å². The summed E-state index contributed by atoms with van der Waals surface area (Å²) >= 11 is 0. The molecule has 2 aliphatic rings. The van der Waals surface area contributed by atoms with Crippen LogP contribution in [0.2, 0.25) is 0 Å². The lowest BCUT2D eigenvalue weighted by atomic mass is 9.72. The third-order valence-corrected chi connectivity index (χ3v) is 4.99. The number of rotatable bonds is 4. The van der Waals surface area contributed by atoms with Crippen molar-refractivity contribution in [3.8, 4) is 0 Å². The number of hydrogen-bond donors (Lipinski definition) is 1. The number of amides is 1. The number of carbonyl (C=O) groups is 1. The summed E-state index contributed by atoms with van der Waals surface area (Å²) in [6.07, 6.45) is 8.37. The molecule has 2 fully saturated rings. The molecule has 1 aromatic heterocycles. The van der Waals surface area contributed by atoms with Gasteiger partial charge in [-0.3, -0.25) is 4.79 Å². The van der Waals surface area contributed by atoms with Gasteiger partial charge in [-0.1, -0.05) is 6.42 Å². The van der Waals surface area contributed by atoms with Gasteiger partial charge >= 0.3 is 0 Å². The first-order chi connectivity index (χ1) is 10.3. The van der Waals surface area contributed by atoms with Gasteiger partial charge in [0.15, 0.2) is 0 Å². The molecule has 0 unspecified atom stereocenters. The zero-order chi connectivity index (χ0) is 14.7. The van der Waals surface area contributed by atoms with E-state index in [-0.39, 0.29) is 5.91 Å². The van der Waals surface area contributed by atoms with Crippen molar-refractivity contribution in [3.05, 3.63) is 24.3 Å². The van der Waals surface area contributed by atoms with E-state index in [4.69, 9.17) is 0 Å². The van der Waals surface area contributed by atoms with E-state index in [9.17, 15) is 4.79 Å². The average molecular weight is 288 g/mol. The summed E-state index contributed by atoms with van der Waals surface area (Å²) in [6.45, 7) is 2.31. The van der Waals surface area contributed by atoms with Crippen LogP contribution in [0.5, 0.6) is 0 Å². The normalized spacial score (nSPS) is 28.4. The van der Waals surface area contributed by atoms with Crippen molar-refractivity contribution < 1.29 is 4.79 Å². The van der Waals surface area contributed by atoms with Crippen molar-refractivity contribution in [2.24, 2.45) is 17.8 Å². The number of aromatic nitrogens is 2. The summed E-state index contributed by atoms with van der Waals surface area (Å²) in [5, 5.41) is 2.97. The maximum absolute atomic E-state index is 12.1. The van der Waals surface area contributed by atoms with E-state index in [1.54, 1.807) is 0 Å². The number of fused-ring (bicyclic) bond motifs is 1. The fourth-order valence-corrected chi connectivity index (χ4v) is 3.98. The summed E-state index contributed by atoms with van der Waals surface area (Å²) in [4.78, 5) is 22.9. The Kier molecular flexibility index (Phi) is 4.48. The zero-order valence-corrected chi connectivity index (χ0v) is 12.7. The Balaban J connectivity index is 1.65. The molecular weight excluding hydrogens is 264 g/mol. The third-order valence-electron chi connectivity index (χ3n) is 4.99. The second kappa shape index (κ2) is 6.52. The fourth-order valence-electron chi connectivity index (χ4n) is 3.98. The molecule has 0 aromatic carbocycles. The second-order valence-electron chi connectivity index (χ2n) is 6.31. The molecule has 1 saturated carbocycles. The van der Waals surface area contributed by atoms with Crippen LogP contribution in [0.25, 0.3) is 0 Å². The summed E-state index contributed by atoms with van der Waals surface area (Å²) < 4.78 is 0. The highest BCUT2D eigenvalue weighted by molar-refractivity contribution is 5.78. The first-order valence-electron chi connectivity index (χ1n) is 7.96. The standard InChI is InChI=1S/C16H24N4O/c1-17-9-16(21)20-10-13-5-2-4-12(14(13)11-20)8-15-18-6-3-7-19-15/h3,6-7,12-14,17H,2,4-5,8-11H2,1H3/t12-,13-,14-/m1/s1. The molecule has 1 N–H and O–H groups in total. The van der Waals surface area contributed by atoms with Gasteiger partial charge in [-0.15, -0.1) is 0 Å². The predicted molar refractivity (Wildman–Crippen MR) is 80.6 cm³/mol. The van der Waals surface area contributed by atoms with Gasteiger partial charge in [0.1, 0.15) is 5.82 Å². The monoisotopic (exact) mass is 288 g/mol. The lowest BCUT2D eigenvalue weighted by Crippen LogP contribution is -2.36. The van der Waals surface area contributed by atoms with E-state index in [0.717, 1.165) is 25.3 Å². The highest BCUT2D eigenvalue weighted by Gasteiger charge is 2.41. The molecule has 1 aromatic rings. The number of carbonyl (C=O) groups excluding carboxylic acids is 1. The van der Waals surface area contributed by atoms with Crippen molar-refractivity contribution in [1.29, 1.82) is 0 Å². The van der Waals surface area contributed by atoms with E-state index in [2.05, 4.69) is 20.2 Å². The number of likely N-dealkylation sites (tertiary alicyclic amines) is 1. The van der Waals surface area contributed by atoms with Crippen molar-refractivity contribution in [2.45, 2.75) is 25.7 Å². The molecule has 2 heterocycles. The van der Waals surface area contributed by atoms with E-state index in [1.807, 2.05) is 25.5 Å². The lowest BCUT2D eigenvalue weighted by Gasteiger charge is -2.32. The first kappa shape index (κ1) is 14.4. The van der Waals surface area contributed by atoms with Crippen LogP contribution in [0, 0.1) is 17.8 Å². The number of nitrogens with one attached hydrogen (secondary N) is 1. The molecule has 1 aliphatic carbocycles. The van der Waals surface area contributed by atoms with Gasteiger partial charge in [-0.2, -0.15) is 0 Å². The molecule has 21 heavy (non-hydrogen) atoms. The number of nitrogens with zero attached hydrogens (tertiary/aromatic N) is 3. The molecule has 0 spiro atoms. The minimum atomic E-state index is 0.238. The molecule has 1 amide bonds. The van der Waals surface area contributed by atoms with Crippen LogP contribution in [-0.4, -0.2) is 47.5 Å². The van der Waals surface area contributed by atoms with Crippen LogP contribution in [0.4, 0.5) is 0 Å². The van der Waals surface area contributed by atoms with Gasteiger partial charge in [0.05, 0.1) is 6.54 Å². The fraction of sp³-hybridized carbons (Fsp3) is 0.688. The van der Waals surface area contributed by atoms with Gasteiger partial charge in [-0.05, 0) is 43.7 Å². The van der Waals surface area contributed by atoms with Crippen LogP contribution >= 0.6 is 0 Å². The molecule has 114 valence electrons. The van der Waals surface area contributed by atoms with E-state index in [0.29, 0.717) is 24.3 Å². The maximum atomic E-state index is 12.1. The Labute approximate surface area is 126 Å². The highest BCUT2D eigenvalue weighted by atomic mass is 16.2. The first-order valence-corrected chi connectivity index (χ1v) is 7.96. The molecule has 1 saturated heterocycles. The van der Waals surface area contributed by atoms with Crippen LogP contribution in [0.3, 0.4) is 0 Å². The summed E-state index contributed by atoms with van der Waals surface area (Å²) in [5.41, 5.74) is 0. The molecule has 5 heteroatoms. The van der Waals surface area contributed by atoms with Crippen molar-refractivity contribution in [1.82, 2.24) is 20.2 Å². The van der Waals surface area contributed by atoms with Gasteiger partial charge < -0.3 is 10.2 Å². The van der Waals surface area contributed by atoms with E-state index in [1.165, 1.54) is 19.3 Å². The number of hydrogen-bond acceptors (Lipinski definition) is 4. The maximum Gasteiger partial charge on any atom is 0.236 e. The minimum absolute atomic E-state index is 0.238. The molecule has 0 radical (unpaired) electrons. The van der Waals surface area contributed by atoms with E-state index >= 15 is 0 Å². The quantitative estimate of drug-likeness (QED) is 0.902. The van der Waals surface area contributed by atoms with Crippen LogP contribution in [-0.2, 0) is 11.2 Å². The average Bonchev–Trinajstić information content (AvgIpc) is 2.94. The smallest absolute Gasteiger partial charge is 0.236 e. The minimum Gasteiger partial charge on any atom is -0.341 e. The van der Waals surface area contributed by atoms with Crippen LogP contribution in [0.15, 0.2) is 18.5 Å². The summed E-state index contributed by atoms with van der Waals surface area (Å²) in [6, 6.07) is 1.86. The summed E-state index contributed by atoms with van der Waals surface area (Å²) in [5.74, 6) is 3.11. The zero-order valence-electron chi connectivity index (χ0n) is 12.7.